The van der Waals surface area contributed by atoms with Crippen LogP contribution in [-0.2, 0) is 0 Å². The maximum atomic E-state index is 11.2. The number of aromatic nitrogens is 2. The molecule has 5 heteroatoms. The van der Waals surface area contributed by atoms with Gasteiger partial charge in [-0.15, -0.1) is 5.92 Å². The zero-order valence-electron chi connectivity index (χ0n) is 7.22. The third-order valence-corrected chi connectivity index (χ3v) is 1.36. The number of rotatable bonds is 2. The number of aromatic amines is 1. The summed E-state index contributed by atoms with van der Waals surface area (Å²) < 4.78 is 0. The lowest BCUT2D eigenvalue weighted by molar-refractivity contribution is 0.0953. The molecule has 0 bridgehead atoms. The molecule has 13 heavy (non-hydrogen) atoms. The quantitative estimate of drug-likeness (QED) is 0.546. The van der Waals surface area contributed by atoms with E-state index in [9.17, 15) is 4.79 Å². The van der Waals surface area contributed by atoms with Gasteiger partial charge in [0.2, 0.25) is 0 Å². The fourth-order valence-corrected chi connectivity index (χ4v) is 0.762. The summed E-state index contributed by atoms with van der Waals surface area (Å²) in [6.45, 7) is 2.04. The Balaban J connectivity index is 2.52. The summed E-state index contributed by atoms with van der Waals surface area (Å²) in [7, 11) is 0. The van der Waals surface area contributed by atoms with Gasteiger partial charge in [0.25, 0.3) is 5.91 Å². The van der Waals surface area contributed by atoms with E-state index in [0.29, 0.717) is 18.1 Å². The number of anilines is 1. The van der Waals surface area contributed by atoms with Crippen LogP contribution in [0.4, 0.5) is 5.82 Å². The molecule has 0 aliphatic heterocycles. The second-order valence-corrected chi connectivity index (χ2v) is 2.32. The van der Waals surface area contributed by atoms with Crippen molar-refractivity contribution in [3.05, 3.63) is 11.8 Å². The maximum absolute atomic E-state index is 11.2. The topological polar surface area (TPSA) is 83.8 Å². The van der Waals surface area contributed by atoms with Crippen LogP contribution in [0.5, 0.6) is 0 Å². The van der Waals surface area contributed by atoms with Crippen LogP contribution in [0.3, 0.4) is 0 Å². The number of amides is 1. The summed E-state index contributed by atoms with van der Waals surface area (Å²) in [5.74, 6) is 5.41. The highest BCUT2D eigenvalue weighted by molar-refractivity contribution is 5.93. The Morgan fingerprint density at radius 3 is 3.15 bits per heavy atom. The molecule has 1 aromatic rings. The molecule has 0 aliphatic rings. The Morgan fingerprint density at radius 1 is 1.85 bits per heavy atom. The Labute approximate surface area is 75.7 Å². The van der Waals surface area contributed by atoms with Crippen molar-refractivity contribution in [1.82, 2.24) is 15.5 Å². The number of hydrogen-bond donors (Lipinski definition) is 3. The van der Waals surface area contributed by atoms with Gasteiger partial charge in [0, 0.05) is 6.07 Å². The van der Waals surface area contributed by atoms with Gasteiger partial charge in [0.05, 0.1) is 6.54 Å². The third kappa shape index (κ3) is 2.52. The third-order valence-electron chi connectivity index (χ3n) is 1.36. The number of nitrogens with one attached hydrogen (secondary N) is 2. The highest BCUT2D eigenvalue weighted by atomic mass is 16.1. The minimum absolute atomic E-state index is 0.257. The number of nitrogens with two attached hydrogens (primary N) is 1. The van der Waals surface area contributed by atoms with Gasteiger partial charge in [-0.2, -0.15) is 5.10 Å². The number of hydrogen-bond acceptors (Lipinski definition) is 3. The molecule has 0 atom stereocenters. The molecule has 5 nitrogen and oxygen atoms in total. The minimum Gasteiger partial charge on any atom is -0.382 e. The maximum Gasteiger partial charge on any atom is 0.270 e. The van der Waals surface area contributed by atoms with E-state index in [-0.39, 0.29) is 5.91 Å². The first-order chi connectivity index (χ1) is 6.24. The summed E-state index contributed by atoms with van der Waals surface area (Å²) in [4.78, 5) is 11.2. The monoisotopic (exact) mass is 178 g/mol. The van der Waals surface area contributed by atoms with E-state index < -0.39 is 0 Å². The highest BCUT2D eigenvalue weighted by Crippen LogP contribution is 1.98. The molecular weight excluding hydrogens is 168 g/mol. The van der Waals surface area contributed by atoms with E-state index in [1.807, 2.05) is 0 Å². The fourth-order valence-electron chi connectivity index (χ4n) is 0.762. The van der Waals surface area contributed by atoms with Crippen LogP contribution < -0.4 is 11.1 Å². The van der Waals surface area contributed by atoms with Crippen molar-refractivity contribution in [2.24, 2.45) is 0 Å². The van der Waals surface area contributed by atoms with Gasteiger partial charge in [-0.05, 0) is 6.92 Å². The predicted octanol–water partition coefficient (Wildman–Crippen LogP) is -0.255. The van der Waals surface area contributed by atoms with Crippen molar-refractivity contribution in [2.75, 3.05) is 12.3 Å². The van der Waals surface area contributed by atoms with Crippen LogP contribution in [0.25, 0.3) is 0 Å². The van der Waals surface area contributed by atoms with Crippen molar-refractivity contribution in [1.29, 1.82) is 0 Å². The van der Waals surface area contributed by atoms with Crippen LogP contribution in [0.2, 0.25) is 0 Å². The number of nitrogen functional groups attached to an aromatic ring is 1. The van der Waals surface area contributed by atoms with Gasteiger partial charge in [-0.3, -0.25) is 9.89 Å². The van der Waals surface area contributed by atoms with Crippen LogP contribution in [0, 0.1) is 11.8 Å². The largest absolute Gasteiger partial charge is 0.382 e. The minimum atomic E-state index is -0.257. The van der Waals surface area contributed by atoms with Crippen LogP contribution >= 0.6 is 0 Å². The Hall–Kier alpha value is -1.96. The second-order valence-electron chi connectivity index (χ2n) is 2.32. The molecular formula is C8H10N4O. The van der Waals surface area contributed by atoms with E-state index in [1.54, 1.807) is 6.92 Å². The van der Waals surface area contributed by atoms with Gasteiger partial charge in [0.1, 0.15) is 11.5 Å². The summed E-state index contributed by atoms with van der Waals surface area (Å²) in [5, 5.41) is 8.69. The van der Waals surface area contributed by atoms with Crippen molar-refractivity contribution >= 4 is 11.7 Å². The first-order valence-corrected chi connectivity index (χ1v) is 3.72. The van der Waals surface area contributed by atoms with Gasteiger partial charge in [0.15, 0.2) is 0 Å². The molecule has 1 rings (SSSR count). The molecule has 0 radical (unpaired) electrons. The predicted molar refractivity (Wildman–Crippen MR) is 48.8 cm³/mol. The van der Waals surface area contributed by atoms with Crippen molar-refractivity contribution < 1.29 is 4.79 Å². The molecule has 0 spiro atoms. The SMILES string of the molecule is CC#CCNC(=O)c1cc(N)n[nH]1. The lowest BCUT2D eigenvalue weighted by atomic mass is 10.4. The average molecular weight is 178 g/mol. The number of nitrogens with zero attached hydrogens (tertiary/aromatic N) is 1. The molecule has 0 aromatic carbocycles. The summed E-state index contributed by atoms with van der Waals surface area (Å²) in [6.07, 6.45) is 0. The van der Waals surface area contributed by atoms with Crippen LogP contribution in [0.15, 0.2) is 6.07 Å². The van der Waals surface area contributed by atoms with Crippen molar-refractivity contribution in [3.63, 3.8) is 0 Å². The van der Waals surface area contributed by atoms with E-state index >= 15 is 0 Å². The molecule has 1 heterocycles. The number of carbonyl (C=O) groups is 1. The van der Waals surface area contributed by atoms with Crippen molar-refractivity contribution in [2.45, 2.75) is 6.92 Å². The molecule has 68 valence electrons. The molecule has 0 saturated heterocycles. The first-order valence-electron chi connectivity index (χ1n) is 3.72. The van der Waals surface area contributed by atoms with E-state index in [1.165, 1.54) is 6.07 Å². The zero-order valence-corrected chi connectivity index (χ0v) is 7.22. The zero-order chi connectivity index (χ0) is 9.68. The number of carbonyl (C=O) groups excluding carboxylic acids is 1. The lowest BCUT2D eigenvalue weighted by Gasteiger charge is -1.95. The summed E-state index contributed by atoms with van der Waals surface area (Å²) in [5.41, 5.74) is 5.66. The van der Waals surface area contributed by atoms with Gasteiger partial charge in [-0.1, -0.05) is 5.92 Å². The van der Waals surface area contributed by atoms with Gasteiger partial charge >= 0.3 is 0 Å². The Kier molecular flexibility index (Phi) is 2.92. The van der Waals surface area contributed by atoms with Crippen LogP contribution in [0.1, 0.15) is 17.4 Å². The molecule has 0 unspecified atom stereocenters. The van der Waals surface area contributed by atoms with Crippen LogP contribution in [-0.4, -0.2) is 22.6 Å². The van der Waals surface area contributed by atoms with Crippen molar-refractivity contribution in [3.8, 4) is 11.8 Å². The van der Waals surface area contributed by atoms with E-state index in [4.69, 9.17) is 5.73 Å². The average Bonchev–Trinajstić information content (AvgIpc) is 2.52. The van der Waals surface area contributed by atoms with Gasteiger partial charge < -0.3 is 11.1 Å². The normalized spacial score (nSPS) is 8.69. The van der Waals surface area contributed by atoms with Gasteiger partial charge in [-0.25, -0.2) is 0 Å². The molecule has 0 fully saturated rings. The summed E-state index contributed by atoms with van der Waals surface area (Å²) in [6, 6.07) is 1.47. The van der Waals surface area contributed by atoms with E-state index in [0.717, 1.165) is 0 Å². The van der Waals surface area contributed by atoms with E-state index in [2.05, 4.69) is 27.4 Å². The standard InChI is InChI=1S/C8H10N4O/c1-2-3-4-10-8(13)6-5-7(9)12-11-6/h5H,4H2,1H3,(H,10,13)(H3,9,11,12). The molecule has 1 amide bonds. The molecule has 1 aromatic heterocycles. The molecule has 4 N–H and O–H groups in total. The highest BCUT2D eigenvalue weighted by Gasteiger charge is 2.06. The molecule has 0 saturated carbocycles. The Morgan fingerprint density at radius 2 is 2.62 bits per heavy atom. The smallest absolute Gasteiger partial charge is 0.270 e. The Bertz CT molecular complexity index is 358. The number of H-pyrrole nitrogens is 1. The lowest BCUT2D eigenvalue weighted by Crippen LogP contribution is -2.23. The molecule has 0 aliphatic carbocycles. The second kappa shape index (κ2) is 4.16. The first kappa shape index (κ1) is 9.13. The fraction of sp³-hybridized carbons (Fsp3) is 0.250. The summed E-state index contributed by atoms with van der Waals surface area (Å²) >= 11 is 0.